The average Bonchev–Trinajstić information content (AvgIpc) is 2.58. The molecule has 0 aliphatic heterocycles. The maximum Gasteiger partial charge on any atom is 0.573 e. The highest BCUT2D eigenvalue weighted by molar-refractivity contribution is 5.95. The summed E-state index contributed by atoms with van der Waals surface area (Å²) in [4.78, 5) is 24.4. The van der Waals surface area contributed by atoms with Crippen LogP contribution in [0, 0.1) is 0 Å². The van der Waals surface area contributed by atoms with E-state index in [0.717, 1.165) is 16.8 Å². The number of carbonyl (C=O) groups excluding carboxylic acids is 1. The Kier molecular flexibility index (Phi) is 4.85. The maximum atomic E-state index is 12.3. The molecule has 140 valence electrons. The number of fused-ring (bicyclic) bond motifs is 1. The van der Waals surface area contributed by atoms with Gasteiger partial charge in [0.05, 0.1) is 17.5 Å². The molecule has 3 rings (SSSR count). The van der Waals surface area contributed by atoms with Gasteiger partial charge in [-0.1, -0.05) is 24.3 Å². The van der Waals surface area contributed by atoms with Crippen LogP contribution in [0.2, 0.25) is 0 Å². The second kappa shape index (κ2) is 7.10. The van der Waals surface area contributed by atoms with Gasteiger partial charge in [0.1, 0.15) is 5.75 Å². The highest BCUT2D eigenvalue weighted by Crippen LogP contribution is 2.25. The number of hydrogen-bond acceptors (Lipinski definition) is 4. The van der Waals surface area contributed by atoms with Gasteiger partial charge in [-0.2, -0.15) is 5.10 Å². The fourth-order valence-corrected chi connectivity index (χ4v) is 2.63. The number of alkyl halides is 3. The molecule has 1 aromatic heterocycles. The van der Waals surface area contributed by atoms with E-state index in [1.165, 1.54) is 19.2 Å². The van der Waals surface area contributed by atoms with Crippen LogP contribution < -0.4 is 15.6 Å². The predicted octanol–water partition coefficient (Wildman–Crippen LogP) is 3.01. The van der Waals surface area contributed by atoms with Crippen molar-refractivity contribution in [1.82, 2.24) is 9.78 Å². The first-order chi connectivity index (χ1) is 12.7. The number of anilines is 1. The molecular weight excluding hydrogens is 363 g/mol. The Morgan fingerprint density at radius 3 is 2.56 bits per heavy atom. The molecule has 0 unspecified atom stereocenters. The van der Waals surface area contributed by atoms with Crippen molar-refractivity contribution in [3.63, 3.8) is 0 Å². The molecule has 0 bridgehead atoms. The molecule has 0 saturated carbocycles. The molecule has 0 spiro atoms. The van der Waals surface area contributed by atoms with Gasteiger partial charge in [0, 0.05) is 24.2 Å². The first-order valence-electron chi connectivity index (χ1n) is 7.83. The molecule has 0 atom stereocenters. The molecule has 9 heteroatoms. The summed E-state index contributed by atoms with van der Waals surface area (Å²) >= 11 is 0. The summed E-state index contributed by atoms with van der Waals surface area (Å²) in [5.74, 6) is -0.929. The number of nitrogens with one attached hydrogen (secondary N) is 1. The second-order valence-electron chi connectivity index (χ2n) is 5.72. The number of ether oxygens (including phenoxy) is 1. The fourth-order valence-electron chi connectivity index (χ4n) is 2.63. The molecule has 0 saturated heterocycles. The summed E-state index contributed by atoms with van der Waals surface area (Å²) in [6.07, 6.45) is -4.97. The molecule has 27 heavy (non-hydrogen) atoms. The molecule has 1 heterocycles. The first-order valence-corrected chi connectivity index (χ1v) is 7.83. The highest BCUT2D eigenvalue weighted by Gasteiger charge is 2.31. The van der Waals surface area contributed by atoms with Gasteiger partial charge in [-0.25, -0.2) is 4.68 Å². The maximum absolute atomic E-state index is 12.3. The zero-order valence-corrected chi connectivity index (χ0v) is 14.1. The molecule has 0 aliphatic carbocycles. The van der Waals surface area contributed by atoms with Crippen molar-refractivity contribution in [3.05, 3.63) is 64.6 Å². The van der Waals surface area contributed by atoms with Crippen LogP contribution in [0.5, 0.6) is 5.75 Å². The first kappa shape index (κ1) is 18.4. The van der Waals surface area contributed by atoms with Crippen molar-refractivity contribution in [2.45, 2.75) is 12.8 Å². The molecule has 0 aliphatic rings. The number of aryl methyl sites for hydroxylation is 1. The Labute approximate surface area is 151 Å². The zero-order valence-electron chi connectivity index (χ0n) is 14.1. The van der Waals surface area contributed by atoms with Gasteiger partial charge >= 0.3 is 6.36 Å². The van der Waals surface area contributed by atoms with Crippen molar-refractivity contribution < 1.29 is 22.7 Å². The smallest absolute Gasteiger partial charge is 0.406 e. The minimum atomic E-state index is -4.82. The van der Waals surface area contributed by atoms with E-state index >= 15 is 0 Å². The molecule has 2 aromatic carbocycles. The Bertz CT molecular complexity index is 1060. The van der Waals surface area contributed by atoms with Gasteiger partial charge in [-0.05, 0) is 18.2 Å². The number of aromatic nitrogens is 2. The van der Waals surface area contributed by atoms with Crippen molar-refractivity contribution in [2.24, 2.45) is 7.05 Å². The lowest BCUT2D eigenvalue weighted by atomic mass is 10.1. The van der Waals surface area contributed by atoms with E-state index in [9.17, 15) is 22.8 Å². The number of rotatable bonds is 4. The van der Waals surface area contributed by atoms with Crippen LogP contribution in [0.4, 0.5) is 18.9 Å². The van der Waals surface area contributed by atoms with Crippen LogP contribution in [-0.4, -0.2) is 22.1 Å². The predicted molar refractivity (Wildman–Crippen MR) is 92.4 cm³/mol. The third-order valence-corrected chi connectivity index (χ3v) is 3.71. The number of halogens is 3. The van der Waals surface area contributed by atoms with E-state index < -0.39 is 18.0 Å². The van der Waals surface area contributed by atoms with E-state index in [1.54, 1.807) is 24.3 Å². The molecule has 3 aromatic rings. The van der Waals surface area contributed by atoms with Crippen LogP contribution >= 0.6 is 0 Å². The number of nitrogens with zero attached hydrogens (tertiary/aromatic N) is 2. The Morgan fingerprint density at radius 2 is 1.85 bits per heavy atom. The summed E-state index contributed by atoms with van der Waals surface area (Å²) in [6.45, 7) is 0. The SMILES string of the molecule is Cn1nc(CC(=O)Nc2cccc(OC(F)(F)F)c2)c2ccccc2c1=O. The van der Waals surface area contributed by atoms with Crippen molar-refractivity contribution in [3.8, 4) is 5.75 Å². The summed E-state index contributed by atoms with van der Waals surface area (Å²) in [7, 11) is 1.48. The van der Waals surface area contributed by atoms with E-state index in [0.29, 0.717) is 16.5 Å². The van der Waals surface area contributed by atoms with Crippen LogP contribution in [0.1, 0.15) is 5.69 Å². The van der Waals surface area contributed by atoms with Crippen molar-refractivity contribution in [2.75, 3.05) is 5.32 Å². The van der Waals surface area contributed by atoms with Gasteiger partial charge in [0.25, 0.3) is 5.56 Å². The lowest BCUT2D eigenvalue weighted by molar-refractivity contribution is -0.274. The normalized spacial score (nSPS) is 11.4. The monoisotopic (exact) mass is 377 g/mol. The quantitative estimate of drug-likeness (QED) is 0.759. The molecular formula is C18H14F3N3O3. The third-order valence-electron chi connectivity index (χ3n) is 3.71. The van der Waals surface area contributed by atoms with Gasteiger partial charge in [0.2, 0.25) is 5.91 Å². The van der Waals surface area contributed by atoms with E-state index in [1.807, 2.05) is 0 Å². The molecule has 0 fully saturated rings. The van der Waals surface area contributed by atoms with Crippen molar-refractivity contribution >= 4 is 22.4 Å². The second-order valence-corrected chi connectivity index (χ2v) is 5.72. The molecule has 1 amide bonds. The lowest BCUT2D eigenvalue weighted by Crippen LogP contribution is -2.24. The van der Waals surface area contributed by atoms with E-state index in [4.69, 9.17) is 0 Å². The van der Waals surface area contributed by atoms with E-state index in [2.05, 4.69) is 15.2 Å². The Balaban J connectivity index is 1.81. The largest absolute Gasteiger partial charge is 0.573 e. The number of hydrogen-bond donors (Lipinski definition) is 1. The topological polar surface area (TPSA) is 73.2 Å². The van der Waals surface area contributed by atoms with Gasteiger partial charge in [0.15, 0.2) is 0 Å². The number of carbonyl (C=O) groups is 1. The van der Waals surface area contributed by atoms with Gasteiger partial charge in [-0.15, -0.1) is 13.2 Å². The molecule has 0 radical (unpaired) electrons. The summed E-state index contributed by atoms with van der Waals surface area (Å²) < 4.78 is 41.9. The minimum Gasteiger partial charge on any atom is -0.406 e. The van der Waals surface area contributed by atoms with Crippen LogP contribution in [-0.2, 0) is 18.3 Å². The van der Waals surface area contributed by atoms with Gasteiger partial charge < -0.3 is 10.1 Å². The fraction of sp³-hybridized carbons (Fsp3) is 0.167. The Morgan fingerprint density at radius 1 is 1.15 bits per heavy atom. The summed E-state index contributed by atoms with van der Waals surface area (Å²) in [6, 6.07) is 11.7. The Hall–Kier alpha value is -3.36. The lowest BCUT2D eigenvalue weighted by Gasteiger charge is -2.11. The number of benzene rings is 2. The van der Waals surface area contributed by atoms with Crippen molar-refractivity contribution in [1.29, 1.82) is 0 Å². The number of amides is 1. The third kappa shape index (κ3) is 4.43. The van der Waals surface area contributed by atoms with Crippen LogP contribution in [0.3, 0.4) is 0 Å². The van der Waals surface area contributed by atoms with E-state index in [-0.39, 0.29) is 17.7 Å². The van der Waals surface area contributed by atoms with Crippen LogP contribution in [0.15, 0.2) is 53.3 Å². The standard InChI is InChI=1S/C18H14F3N3O3/c1-24-17(26)14-8-3-2-7-13(14)15(23-24)10-16(25)22-11-5-4-6-12(9-11)27-18(19,20)21/h2-9H,10H2,1H3,(H,22,25). The molecule has 6 nitrogen and oxygen atoms in total. The molecule has 1 N–H and O–H groups in total. The summed E-state index contributed by atoms with van der Waals surface area (Å²) in [5.41, 5.74) is 0.246. The summed E-state index contributed by atoms with van der Waals surface area (Å²) in [5, 5.41) is 7.60. The van der Waals surface area contributed by atoms with Crippen LogP contribution in [0.25, 0.3) is 10.8 Å². The van der Waals surface area contributed by atoms with Gasteiger partial charge in [-0.3, -0.25) is 9.59 Å². The highest BCUT2D eigenvalue weighted by atomic mass is 19.4. The average molecular weight is 377 g/mol. The zero-order chi connectivity index (χ0) is 19.6. The minimum absolute atomic E-state index is 0.149.